The molecule has 1 aromatic rings. The Morgan fingerprint density at radius 1 is 1.38 bits per heavy atom. The summed E-state index contributed by atoms with van der Waals surface area (Å²) in [6.45, 7) is 7.16. The second-order valence-electron chi connectivity index (χ2n) is 4.22. The third-order valence-corrected chi connectivity index (χ3v) is 4.98. The fraction of sp³-hybridized carbons (Fsp3) is 0.667. The number of hydrogen-bond donors (Lipinski definition) is 2. The van der Waals surface area contributed by atoms with Gasteiger partial charge in [-0.3, -0.25) is 0 Å². The van der Waals surface area contributed by atoms with Crippen LogP contribution in [0, 0.1) is 5.41 Å². The van der Waals surface area contributed by atoms with E-state index < -0.39 is 0 Å². The average molecular weight is 305 g/mol. The van der Waals surface area contributed by atoms with Crippen molar-refractivity contribution in [2.45, 2.75) is 33.2 Å². The quantitative estimate of drug-likeness (QED) is 0.810. The van der Waals surface area contributed by atoms with Crippen LogP contribution in [0.25, 0.3) is 0 Å². The molecule has 0 saturated carbocycles. The van der Waals surface area contributed by atoms with E-state index in [2.05, 4.69) is 47.2 Å². The second kappa shape index (κ2) is 6.74. The Hall–Kier alpha value is 0.1000. The molecule has 0 atom stereocenters. The Kier molecular flexibility index (Phi) is 5.97. The van der Waals surface area contributed by atoms with Gasteiger partial charge in [-0.05, 0) is 52.9 Å². The van der Waals surface area contributed by atoms with Crippen LogP contribution in [0.15, 0.2) is 15.9 Å². The second-order valence-corrected chi connectivity index (χ2v) is 6.77. The molecule has 1 aromatic heterocycles. The van der Waals surface area contributed by atoms with Gasteiger partial charge in [0.1, 0.15) is 0 Å². The summed E-state index contributed by atoms with van der Waals surface area (Å²) < 4.78 is 1.19. The van der Waals surface area contributed by atoms with Crippen molar-refractivity contribution in [3.8, 4) is 0 Å². The first-order valence-corrected chi connectivity index (χ1v) is 7.41. The lowest BCUT2D eigenvalue weighted by molar-refractivity contribution is 0.259. The Balaban J connectivity index is 2.39. The molecule has 0 aliphatic carbocycles. The number of thiophene rings is 1. The number of rotatable bonds is 7. The molecule has 1 rings (SSSR count). The van der Waals surface area contributed by atoms with Crippen LogP contribution in [0.3, 0.4) is 0 Å². The molecule has 2 nitrogen and oxygen atoms in total. The third-order valence-electron chi connectivity index (χ3n) is 3.36. The van der Waals surface area contributed by atoms with E-state index in [-0.39, 0.29) is 5.41 Å². The first kappa shape index (κ1) is 14.2. The lowest BCUT2D eigenvalue weighted by Crippen LogP contribution is -2.39. The molecule has 0 radical (unpaired) electrons. The number of halogens is 1. The maximum atomic E-state index is 5.87. The molecule has 0 aliphatic rings. The van der Waals surface area contributed by atoms with E-state index >= 15 is 0 Å². The molecule has 0 amide bonds. The molecule has 3 N–H and O–H groups in total. The number of nitrogens with two attached hydrogens (primary N) is 1. The highest BCUT2D eigenvalue weighted by Gasteiger charge is 2.23. The van der Waals surface area contributed by atoms with Crippen LogP contribution in [0.1, 0.15) is 31.6 Å². The summed E-state index contributed by atoms with van der Waals surface area (Å²) in [5, 5.41) is 3.52. The van der Waals surface area contributed by atoms with Crippen molar-refractivity contribution in [1.29, 1.82) is 0 Å². The fourth-order valence-electron chi connectivity index (χ4n) is 1.76. The minimum absolute atomic E-state index is 0.272. The van der Waals surface area contributed by atoms with Gasteiger partial charge in [0.15, 0.2) is 0 Å². The molecule has 4 heteroatoms. The maximum absolute atomic E-state index is 5.87. The molecule has 0 unspecified atom stereocenters. The summed E-state index contributed by atoms with van der Waals surface area (Å²) >= 11 is 5.26. The lowest BCUT2D eigenvalue weighted by atomic mass is 9.82. The average Bonchev–Trinajstić information content (AvgIpc) is 2.71. The highest BCUT2D eigenvalue weighted by molar-refractivity contribution is 9.11. The normalized spacial score (nSPS) is 12.0. The van der Waals surface area contributed by atoms with Gasteiger partial charge in [0.05, 0.1) is 3.79 Å². The van der Waals surface area contributed by atoms with E-state index in [4.69, 9.17) is 5.73 Å². The van der Waals surface area contributed by atoms with Crippen LogP contribution in [-0.2, 0) is 6.54 Å². The maximum Gasteiger partial charge on any atom is 0.0701 e. The summed E-state index contributed by atoms with van der Waals surface area (Å²) in [4.78, 5) is 1.37. The van der Waals surface area contributed by atoms with Crippen LogP contribution in [0.5, 0.6) is 0 Å². The van der Waals surface area contributed by atoms with Gasteiger partial charge in [0, 0.05) is 18.0 Å². The van der Waals surface area contributed by atoms with Gasteiger partial charge in [-0.2, -0.15) is 0 Å². The highest BCUT2D eigenvalue weighted by Crippen LogP contribution is 2.25. The van der Waals surface area contributed by atoms with Crippen LogP contribution < -0.4 is 11.1 Å². The summed E-state index contributed by atoms with van der Waals surface area (Å²) in [6, 6.07) is 4.25. The van der Waals surface area contributed by atoms with Crippen LogP contribution >= 0.6 is 27.3 Å². The molecule has 1 heterocycles. The van der Waals surface area contributed by atoms with Gasteiger partial charge in [-0.1, -0.05) is 13.8 Å². The van der Waals surface area contributed by atoms with Crippen molar-refractivity contribution in [3.63, 3.8) is 0 Å². The van der Waals surface area contributed by atoms with E-state index in [1.54, 1.807) is 11.3 Å². The highest BCUT2D eigenvalue weighted by atomic mass is 79.9. The van der Waals surface area contributed by atoms with Crippen LogP contribution in [-0.4, -0.2) is 13.1 Å². The van der Waals surface area contributed by atoms with E-state index in [9.17, 15) is 0 Å². The smallest absolute Gasteiger partial charge is 0.0701 e. The molecular weight excluding hydrogens is 284 g/mol. The van der Waals surface area contributed by atoms with Gasteiger partial charge < -0.3 is 11.1 Å². The van der Waals surface area contributed by atoms with Crippen molar-refractivity contribution in [2.24, 2.45) is 11.1 Å². The van der Waals surface area contributed by atoms with E-state index in [0.717, 1.165) is 32.5 Å². The largest absolute Gasteiger partial charge is 0.330 e. The summed E-state index contributed by atoms with van der Waals surface area (Å²) in [6.07, 6.45) is 2.28. The Labute approximate surface area is 111 Å². The van der Waals surface area contributed by atoms with Gasteiger partial charge in [-0.15, -0.1) is 11.3 Å². The number of nitrogens with one attached hydrogen (secondary N) is 1. The first-order valence-electron chi connectivity index (χ1n) is 5.81. The standard InChI is InChI=1S/C12H21BrN2S/c1-3-12(4-2,8-14)9-15-7-10-5-6-11(13)16-10/h5-6,15H,3-4,7-9,14H2,1-2H3. The van der Waals surface area contributed by atoms with Crippen molar-refractivity contribution in [3.05, 3.63) is 20.8 Å². The molecule has 0 aromatic carbocycles. The van der Waals surface area contributed by atoms with Crippen LogP contribution in [0.4, 0.5) is 0 Å². The summed E-state index contributed by atoms with van der Waals surface area (Å²) in [5.74, 6) is 0. The van der Waals surface area contributed by atoms with Gasteiger partial charge in [0.2, 0.25) is 0 Å². The minimum atomic E-state index is 0.272. The zero-order valence-corrected chi connectivity index (χ0v) is 12.5. The molecular formula is C12H21BrN2S. The lowest BCUT2D eigenvalue weighted by Gasteiger charge is -2.30. The molecule has 0 fully saturated rings. The van der Waals surface area contributed by atoms with Crippen molar-refractivity contribution in [2.75, 3.05) is 13.1 Å². The third kappa shape index (κ3) is 3.84. The zero-order chi connectivity index (χ0) is 12.0. The molecule has 0 saturated heterocycles. The molecule has 0 aliphatic heterocycles. The molecule has 92 valence electrons. The topological polar surface area (TPSA) is 38.0 Å². The predicted molar refractivity (Wildman–Crippen MR) is 75.8 cm³/mol. The molecule has 0 bridgehead atoms. The van der Waals surface area contributed by atoms with E-state index in [0.29, 0.717) is 0 Å². The van der Waals surface area contributed by atoms with Crippen molar-refractivity contribution >= 4 is 27.3 Å². The minimum Gasteiger partial charge on any atom is -0.330 e. The molecule has 0 spiro atoms. The zero-order valence-electron chi connectivity index (χ0n) is 10.1. The first-order chi connectivity index (χ1) is 7.65. The monoisotopic (exact) mass is 304 g/mol. The summed E-state index contributed by atoms with van der Waals surface area (Å²) in [5.41, 5.74) is 6.14. The number of hydrogen-bond acceptors (Lipinski definition) is 3. The van der Waals surface area contributed by atoms with Gasteiger partial charge >= 0.3 is 0 Å². The SMILES string of the molecule is CCC(CC)(CN)CNCc1ccc(Br)s1. The fourth-order valence-corrected chi connectivity index (χ4v) is 3.21. The molecule has 16 heavy (non-hydrogen) atoms. The summed E-state index contributed by atoms with van der Waals surface area (Å²) in [7, 11) is 0. The van der Waals surface area contributed by atoms with Gasteiger partial charge in [-0.25, -0.2) is 0 Å². The Morgan fingerprint density at radius 3 is 2.50 bits per heavy atom. The van der Waals surface area contributed by atoms with Crippen molar-refractivity contribution in [1.82, 2.24) is 5.32 Å². The predicted octanol–water partition coefficient (Wildman–Crippen LogP) is 3.37. The van der Waals surface area contributed by atoms with Crippen molar-refractivity contribution < 1.29 is 0 Å². The van der Waals surface area contributed by atoms with Gasteiger partial charge in [0.25, 0.3) is 0 Å². The Morgan fingerprint density at radius 2 is 2.06 bits per heavy atom. The Bertz CT molecular complexity index is 299. The van der Waals surface area contributed by atoms with E-state index in [1.807, 2.05) is 0 Å². The van der Waals surface area contributed by atoms with Crippen LogP contribution in [0.2, 0.25) is 0 Å². The van der Waals surface area contributed by atoms with E-state index in [1.165, 1.54) is 8.66 Å².